The summed E-state index contributed by atoms with van der Waals surface area (Å²) >= 11 is 0. The molecule has 5 nitrogen and oxygen atoms in total. The van der Waals surface area contributed by atoms with Gasteiger partial charge in [0.2, 0.25) is 5.89 Å². The third kappa shape index (κ3) is 5.96. The molecule has 3 aromatic rings. The van der Waals surface area contributed by atoms with Gasteiger partial charge in [-0.3, -0.25) is 9.69 Å². The molecule has 1 amide bonds. The van der Waals surface area contributed by atoms with Gasteiger partial charge in [0.1, 0.15) is 17.9 Å². The molecule has 0 radical (unpaired) electrons. The molecule has 0 unspecified atom stereocenters. The zero-order chi connectivity index (χ0) is 20.8. The highest BCUT2D eigenvalue weighted by Crippen LogP contribution is 2.16. The van der Waals surface area contributed by atoms with Crippen LogP contribution >= 0.6 is 0 Å². The van der Waals surface area contributed by atoms with Gasteiger partial charge < -0.3 is 9.73 Å². The second-order valence-electron chi connectivity index (χ2n) is 7.12. The van der Waals surface area contributed by atoms with Crippen LogP contribution in [-0.2, 0) is 19.6 Å². The average molecular weight is 399 g/mol. The van der Waals surface area contributed by atoms with Crippen LogP contribution in [0.25, 0.3) is 0 Å². The quantitative estimate of drug-likeness (QED) is 0.614. The Morgan fingerprint density at radius 3 is 2.48 bits per heavy atom. The lowest BCUT2D eigenvalue weighted by Gasteiger charge is -2.21. The minimum Gasteiger partial charge on any atom is -0.447 e. The SMILES string of the molecule is CC(C)NC(=O)c1coc(CN(Cc2ccc(F)cc2)Cc2ccccc2F)n1. The number of oxazole rings is 1. The van der Waals surface area contributed by atoms with E-state index in [1.54, 1.807) is 30.3 Å². The lowest BCUT2D eigenvalue weighted by atomic mass is 10.1. The predicted octanol–water partition coefficient (Wildman–Crippen LogP) is 4.29. The predicted molar refractivity (Wildman–Crippen MR) is 105 cm³/mol. The van der Waals surface area contributed by atoms with Gasteiger partial charge in [-0.15, -0.1) is 0 Å². The summed E-state index contributed by atoms with van der Waals surface area (Å²) in [5.74, 6) is -0.588. The Bertz CT molecular complexity index is 955. The molecule has 2 aromatic carbocycles. The molecular weight excluding hydrogens is 376 g/mol. The first-order valence-electron chi connectivity index (χ1n) is 9.36. The van der Waals surface area contributed by atoms with E-state index < -0.39 is 0 Å². The Morgan fingerprint density at radius 2 is 1.79 bits per heavy atom. The van der Waals surface area contributed by atoms with Crippen molar-refractivity contribution >= 4 is 5.91 Å². The van der Waals surface area contributed by atoms with Crippen LogP contribution in [0.15, 0.2) is 59.2 Å². The molecule has 0 atom stereocenters. The number of nitrogens with one attached hydrogen (secondary N) is 1. The number of benzene rings is 2. The van der Waals surface area contributed by atoms with E-state index in [2.05, 4.69) is 10.3 Å². The van der Waals surface area contributed by atoms with Crippen LogP contribution in [-0.4, -0.2) is 21.8 Å². The fourth-order valence-electron chi connectivity index (χ4n) is 2.90. The Kier molecular flexibility index (Phi) is 6.72. The summed E-state index contributed by atoms with van der Waals surface area (Å²) in [6.07, 6.45) is 1.31. The summed E-state index contributed by atoms with van der Waals surface area (Å²) in [4.78, 5) is 18.2. The molecule has 0 saturated carbocycles. The number of hydrogen-bond acceptors (Lipinski definition) is 4. The number of aromatic nitrogens is 1. The maximum Gasteiger partial charge on any atom is 0.273 e. The molecule has 0 aliphatic carbocycles. The van der Waals surface area contributed by atoms with E-state index in [0.29, 0.717) is 24.5 Å². The number of carbonyl (C=O) groups excluding carboxylic acids is 1. The van der Waals surface area contributed by atoms with Crippen LogP contribution in [0, 0.1) is 11.6 Å². The molecule has 152 valence electrons. The summed E-state index contributed by atoms with van der Waals surface area (Å²) in [7, 11) is 0. The van der Waals surface area contributed by atoms with Crippen molar-refractivity contribution in [2.45, 2.75) is 39.5 Å². The molecule has 0 fully saturated rings. The van der Waals surface area contributed by atoms with Gasteiger partial charge in [-0.1, -0.05) is 30.3 Å². The van der Waals surface area contributed by atoms with E-state index in [1.165, 1.54) is 24.5 Å². The molecule has 7 heteroatoms. The topological polar surface area (TPSA) is 58.4 Å². The fourth-order valence-corrected chi connectivity index (χ4v) is 2.90. The van der Waals surface area contributed by atoms with Crippen LogP contribution < -0.4 is 5.32 Å². The van der Waals surface area contributed by atoms with E-state index in [0.717, 1.165) is 5.56 Å². The molecule has 0 aliphatic heterocycles. The normalized spacial score (nSPS) is 11.2. The Hall–Kier alpha value is -3.06. The van der Waals surface area contributed by atoms with Crippen LogP contribution in [0.2, 0.25) is 0 Å². The summed E-state index contributed by atoms with van der Waals surface area (Å²) in [5, 5.41) is 2.76. The highest BCUT2D eigenvalue weighted by Gasteiger charge is 2.17. The first kappa shape index (κ1) is 20.7. The zero-order valence-electron chi connectivity index (χ0n) is 16.4. The Balaban J connectivity index is 1.77. The van der Waals surface area contributed by atoms with E-state index >= 15 is 0 Å². The standard InChI is InChI=1S/C22H23F2N3O2/c1-15(2)25-22(28)20-14-29-21(26-20)13-27(11-16-7-9-18(23)10-8-16)12-17-5-3-4-6-19(17)24/h3-10,14-15H,11-13H2,1-2H3,(H,25,28). The lowest BCUT2D eigenvalue weighted by Crippen LogP contribution is -2.30. The molecule has 0 bridgehead atoms. The largest absolute Gasteiger partial charge is 0.447 e. The van der Waals surface area contributed by atoms with Gasteiger partial charge in [0.15, 0.2) is 5.69 Å². The van der Waals surface area contributed by atoms with Crippen molar-refractivity contribution in [3.8, 4) is 0 Å². The second-order valence-corrected chi connectivity index (χ2v) is 7.12. The number of amides is 1. The lowest BCUT2D eigenvalue weighted by molar-refractivity contribution is 0.0938. The summed E-state index contributed by atoms with van der Waals surface area (Å²) < 4.78 is 32.8. The minimum absolute atomic E-state index is 0.0151. The molecular formula is C22H23F2N3O2. The number of nitrogens with zero attached hydrogens (tertiary/aromatic N) is 2. The molecule has 0 spiro atoms. The van der Waals surface area contributed by atoms with Crippen LogP contribution in [0.3, 0.4) is 0 Å². The molecule has 3 rings (SSSR count). The molecule has 1 heterocycles. The maximum absolute atomic E-state index is 14.1. The van der Waals surface area contributed by atoms with Crippen molar-refractivity contribution in [2.75, 3.05) is 0 Å². The molecule has 29 heavy (non-hydrogen) atoms. The van der Waals surface area contributed by atoms with Gasteiger partial charge in [0.25, 0.3) is 5.91 Å². The third-order valence-corrected chi connectivity index (χ3v) is 4.23. The third-order valence-electron chi connectivity index (χ3n) is 4.23. The number of hydrogen-bond donors (Lipinski definition) is 1. The van der Waals surface area contributed by atoms with Gasteiger partial charge in [-0.2, -0.15) is 0 Å². The van der Waals surface area contributed by atoms with Crippen molar-refractivity contribution in [3.05, 3.63) is 89.1 Å². The van der Waals surface area contributed by atoms with E-state index in [9.17, 15) is 13.6 Å². The van der Waals surface area contributed by atoms with E-state index in [-0.39, 0.29) is 35.8 Å². The number of rotatable bonds is 8. The fraction of sp³-hybridized carbons (Fsp3) is 0.273. The van der Waals surface area contributed by atoms with Gasteiger partial charge in [-0.25, -0.2) is 13.8 Å². The first-order valence-corrected chi connectivity index (χ1v) is 9.36. The van der Waals surface area contributed by atoms with Crippen LogP contribution in [0.5, 0.6) is 0 Å². The number of carbonyl (C=O) groups is 1. The number of halogens is 2. The smallest absolute Gasteiger partial charge is 0.273 e. The van der Waals surface area contributed by atoms with Crippen molar-refractivity contribution in [2.24, 2.45) is 0 Å². The van der Waals surface area contributed by atoms with Gasteiger partial charge >= 0.3 is 0 Å². The van der Waals surface area contributed by atoms with Gasteiger partial charge in [0.05, 0.1) is 6.54 Å². The van der Waals surface area contributed by atoms with Crippen molar-refractivity contribution < 1.29 is 18.0 Å². The zero-order valence-corrected chi connectivity index (χ0v) is 16.4. The average Bonchev–Trinajstić information content (AvgIpc) is 3.13. The van der Waals surface area contributed by atoms with Crippen molar-refractivity contribution in [1.82, 2.24) is 15.2 Å². The minimum atomic E-state index is -0.317. The second kappa shape index (κ2) is 9.43. The van der Waals surface area contributed by atoms with Crippen LogP contribution in [0.1, 0.15) is 41.4 Å². The van der Waals surface area contributed by atoms with E-state index in [1.807, 2.05) is 18.7 Å². The highest BCUT2D eigenvalue weighted by molar-refractivity contribution is 5.92. The van der Waals surface area contributed by atoms with Crippen molar-refractivity contribution in [1.29, 1.82) is 0 Å². The highest BCUT2D eigenvalue weighted by atomic mass is 19.1. The Labute approximate surface area is 168 Å². The van der Waals surface area contributed by atoms with E-state index in [4.69, 9.17) is 4.42 Å². The van der Waals surface area contributed by atoms with Gasteiger partial charge in [0, 0.05) is 24.7 Å². The summed E-state index contributed by atoms with van der Waals surface area (Å²) in [6.45, 7) is 4.72. The summed E-state index contributed by atoms with van der Waals surface area (Å²) in [6, 6.07) is 12.6. The van der Waals surface area contributed by atoms with Crippen molar-refractivity contribution in [3.63, 3.8) is 0 Å². The molecule has 0 aliphatic rings. The molecule has 1 aromatic heterocycles. The maximum atomic E-state index is 14.1. The first-order chi connectivity index (χ1) is 13.9. The van der Waals surface area contributed by atoms with Crippen LogP contribution in [0.4, 0.5) is 8.78 Å². The summed E-state index contributed by atoms with van der Waals surface area (Å²) in [5.41, 5.74) is 1.59. The molecule has 1 N–H and O–H groups in total. The van der Waals surface area contributed by atoms with Gasteiger partial charge in [-0.05, 0) is 37.6 Å². The molecule has 0 saturated heterocycles. The Morgan fingerprint density at radius 1 is 1.07 bits per heavy atom. The monoisotopic (exact) mass is 399 g/mol.